The summed E-state index contributed by atoms with van der Waals surface area (Å²) in [5.41, 5.74) is 2.55. The number of guanidine groups is 1. The Morgan fingerprint density at radius 3 is 2.73 bits per heavy atom. The summed E-state index contributed by atoms with van der Waals surface area (Å²) in [6.45, 7) is 2.61. The summed E-state index contributed by atoms with van der Waals surface area (Å²) >= 11 is 0. The van der Waals surface area contributed by atoms with E-state index in [4.69, 9.17) is 9.68 Å². The summed E-state index contributed by atoms with van der Waals surface area (Å²) in [7, 11) is 1.73. The molecular formula is C20H21IN4O. The fourth-order valence-corrected chi connectivity index (χ4v) is 2.62. The molecule has 0 saturated heterocycles. The molecule has 3 rings (SSSR count). The minimum Gasteiger partial charge on any atom is -0.459 e. The molecule has 0 amide bonds. The number of hydrogen-bond acceptors (Lipinski definition) is 3. The van der Waals surface area contributed by atoms with Crippen LogP contribution in [0.5, 0.6) is 0 Å². The molecule has 26 heavy (non-hydrogen) atoms. The molecule has 2 aromatic carbocycles. The minimum atomic E-state index is -0.0240. The Kier molecular flexibility index (Phi) is 7.04. The van der Waals surface area contributed by atoms with E-state index in [0.717, 1.165) is 22.3 Å². The van der Waals surface area contributed by atoms with E-state index in [-0.39, 0.29) is 30.0 Å². The van der Waals surface area contributed by atoms with Gasteiger partial charge in [0.2, 0.25) is 0 Å². The molecule has 0 bridgehead atoms. The Bertz CT molecular complexity index is 909. The van der Waals surface area contributed by atoms with Gasteiger partial charge >= 0.3 is 0 Å². The van der Waals surface area contributed by atoms with Gasteiger partial charge in [0.1, 0.15) is 11.3 Å². The maximum Gasteiger partial charge on any atom is 0.191 e. The monoisotopic (exact) mass is 460 g/mol. The summed E-state index contributed by atoms with van der Waals surface area (Å²) in [6.07, 6.45) is 0. The molecule has 1 heterocycles. The summed E-state index contributed by atoms with van der Waals surface area (Å²) in [6, 6.07) is 19.6. The molecule has 1 unspecified atom stereocenters. The number of aliphatic imine (C=N–C) groups is 1. The molecule has 5 nitrogen and oxygen atoms in total. The van der Waals surface area contributed by atoms with Crippen LogP contribution in [0.2, 0.25) is 0 Å². The van der Waals surface area contributed by atoms with Crippen molar-refractivity contribution in [1.82, 2.24) is 10.6 Å². The van der Waals surface area contributed by atoms with E-state index in [0.29, 0.717) is 18.1 Å². The molecule has 0 aliphatic carbocycles. The average molecular weight is 460 g/mol. The number of nitrogens with one attached hydrogen (secondary N) is 2. The lowest BCUT2D eigenvalue weighted by Gasteiger charge is -2.16. The van der Waals surface area contributed by atoms with Crippen LogP contribution in [0.15, 0.2) is 64.0 Å². The van der Waals surface area contributed by atoms with Gasteiger partial charge in [-0.25, -0.2) is 0 Å². The molecule has 1 aromatic heterocycles. The molecule has 2 N–H and O–H groups in total. The molecule has 134 valence electrons. The van der Waals surface area contributed by atoms with Crippen LogP contribution in [-0.2, 0) is 6.54 Å². The highest BCUT2D eigenvalue weighted by Gasteiger charge is 2.13. The van der Waals surface area contributed by atoms with Crippen LogP contribution >= 0.6 is 24.0 Å². The Balaban J connectivity index is 0.00000243. The van der Waals surface area contributed by atoms with Crippen molar-refractivity contribution in [2.24, 2.45) is 4.99 Å². The van der Waals surface area contributed by atoms with Gasteiger partial charge in [-0.2, -0.15) is 5.26 Å². The lowest BCUT2D eigenvalue weighted by molar-refractivity contribution is 0.488. The first kappa shape index (κ1) is 19.8. The maximum atomic E-state index is 8.97. The van der Waals surface area contributed by atoms with Crippen molar-refractivity contribution in [1.29, 1.82) is 5.26 Å². The second-order valence-corrected chi connectivity index (χ2v) is 5.79. The normalized spacial score (nSPS) is 12.1. The fraction of sp³-hybridized carbons (Fsp3) is 0.200. The van der Waals surface area contributed by atoms with Gasteiger partial charge in [-0.05, 0) is 36.8 Å². The molecule has 0 fully saturated rings. The fourth-order valence-electron chi connectivity index (χ4n) is 2.62. The van der Waals surface area contributed by atoms with E-state index in [9.17, 15) is 0 Å². The Morgan fingerprint density at radius 2 is 2.00 bits per heavy atom. The minimum absolute atomic E-state index is 0. The van der Waals surface area contributed by atoms with Crippen molar-refractivity contribution in [2.45, 2.75) is 19.5 Å². The number of nitriles is 1. The third-order valence-corrected chi connectivity index (χ3v) is 3.96. The van der Waals surface area contributed by atoms with Gasteiger partial charge in [0, 0.05) is 19.0 Å². The van der Waals surface area contributed by atoms with E-state index in [2.05, 4.69) is 21.7 Å². The van der Waals surface area contributed by atoms with Crippen molar-refractivity contribution in [3.8, 4) is 6.07 Å². The second kappa shape index (κ2) is 9.25. The highest BCUT2D eigenvalue weighted by Crippen LogP contribution is 2.23. The third kappa shape index (κ3) is 4.76. The topological polar surface area (TPSA) is 73.3 Å². The zero-order chi connectivity index (χ0) is 17.6. The highest BCUT2D eigenvalue weighted by molar-refractivity contribution is 14.0. The molecule has 0 saturated carbocycles. The number of furan rings is 1. The van der Waals surface area contributed by atoms with Gasteiger partial charge in [-0.15, -0.1) is 24.0 Å². The van der Waals surface area contributed by atoms with Crippen LogP contribution in [0.4, 0.5) is 0 Å². The Hall–Kier alpha value is -2.53. The third-order valence-electron chi connectivity index (χ3n) is 3.96. The van der Waals surface area contributed by atoms with Gasteiger partial charge in [-0.3, -0.25) is 4.99 Å². The smallest absolute Gasteiger partial charge is 0.191 e. The van der Waals surface area contributed by atoms with Crippen LogP contribution in [0.3, 0.4) is 0 Å². The first-order valence-corrected chi connectivity index (χ1v) is 8.14. The largest absolute Gasteiger partial charge is 0.459 e. The molecule has 6 heteroatoms. The van der Waals surface area contributed by atoms with Crippen molar-refractivity contribution < 1.29 is 4.42 Å². The van der Waals surface area contributed by atoms with Gasteiger partial charge in [0.25, 0.3) is 0 Å². The number of nitrogens with zero attached hydrogens (tertiary/aromatic N) is 2. The first-order valence-electron chi connectivity index (χ1n) is 8.14. The zero-order valence-corrected chi connectivity index (χ0v) is 17.0. The number of rotatable bonds is 4. The number of benzene rings is 2. The number of halogens is 1. The van der Waals surface area contributed by atoms with E-state index < -0.39 is 0 Å². The van der Waals surface area contributed by atoms with E-state index in [1.165, 1.54) is 0 Å². The van der Waals surface area contributed by atoms with Crippen molar-refractivity contribution in [2.75, 3.05) is 7.05 Å². The second-order valence-electron chi connectivity index (χ2n) is 5.79. The Labute approximate surface area is 170 Å². The summed E-state index contributed by atoms with van der Waals surface area (Å²) in [4.78, 5) is 4.25. The molecule has 1 atom stereocenters. The molecule has 0 radical (unpaired) electrons. The average Bonchev–Trinajstić information content (AvgIpc) is 3.09. The predicted molar refractivity (Wildman–Crippen MR) is 115 cm³/mol. The molecule has 0 aliphatic rings. The van der Waals surface area contributed by atoms with Gasteiger partial charge in [0.15, 0.2) is 5.96 Å². The highest BCUT2D eigenvalue weighted by atomic mass is 127. The number of para-hydroxylation sites is 1. The van der Waals surface area contributed by atoms with Gasteiger partial charge in [-0.1, -0.05) is 30.3 Å². The van der Waals surface area contributed by atoms with Gasteiger partial charge in [0.05, 0.1) is 17.7 Å². The summed E-state index contributed by atoms with van der Waals surface area (Å²) in [5.74, 6) is 1.53. The standard InChI is InChI=1S/C20H20N4O.HI/c1-14(19-11-17-8-3-4-9-18(17)25-19)24-20(22-2)23-13-16-7-5-6-15(10-16)12-21;/h3-11,14H,13H2,1-2H3,(H2,22,23,24);1H. The van der Waals surface area contributed by atoms with E-state index in [1.54, 1.807) is 13.1 Å². The predicted octanol–water partition coefficient (Wildman–Crippen LogP) is 4.35. The van der Waals surface area contributed by atoms with Crippen LogP contribution in [0.1, 0.15) is 29.9 Å². The van der Waals surface area contributed by atoms with Crippen LogP contribution in [0.25, 0.3) is 11.0 Å². The first-order chi connectivity index (χ1) is 12.2. The van der Waals surface area contributed by atoms with Crippen molar-refractivity contribution in [3.63, 3.8) is 0 Å². The van der Waals surface area contributed by atoms with E-state index >= 15 is 0 Å². The molecule has 0 aliphatic heterocycles. The molecule has 0 spiro atoms. The summed E-state index contributed by atoms with van der Waals surface area (Å²) in [5, 5.41) is 16.6. The van der Waals surface area contributed by atoms with Crippen LogP contribution < -0.4 is 10.6 Å². The van der Waals surface area contributed by atoms with Crippen LogP contribution in [-0.4, -0.2) is 13.0 Å². The number of fused-ring (bicyclic) bond motifs is 1. The zero-order valence-electron chi connectivity index (χ0n) is 14.7. The molecular weight excluding hydrogens is 439 g/mol. The maximum absolute atomic E-state index is 8.97. The van der Waals surface area contributed by atoms with Crippen LogP contribution in [0, 0.1) is 11.3 Å². The summed E-state index contributed by atoms with van der Waals surface area (Å²) < 4.78 is 5.89. The van der Waals surface area contributed by atoms with Gasteiger partial charge < -0.3 is 15.1 Å². The lowest BCUT2D eigenvalue weighted by Crippen LogP contribution is -2.38. The van der Waals surface area contributed by atoms with E-state index in [1.807, 2.05) is 55.5 Å². The van der Waals surface area contributed by atoms with Crippen molar-refractivity contribution >= 4 is 40.9 Å². The quantitative estimate of drug-likeness (QED) is 0.345. The number of hydrogen-bond donors (Lipinski definition) is 2. The molecule has 3 aromatic rings. The SMILES string of the molecule is CN=C(NCc1cccc(C#N)c1)NC(C)c1cc2ccccc2o1.I. The van der Waals surface area contributed by atoms with Crippen molar-refractivity contribution in [3.05, 3.63) is 71.5 Å². The Morgan fingerprint density at radius 1 is 1.19 bits per heavy atom. The lowest BCUT2D eigenvalue weighted by atomic mass is 10.1.